The molecular weight excluding hydrogens is 389 g/mol. The van der Waals surface area contributed by atoms with Crippen LogP contribution in [0.15, 0.2) is 40.8 Å². The summed E-state index contributed by atoms with van der Waals surface area (Å²) in [5, 5.41) is 15.3. The summed E-state index contributed by atoms with van der Waals surface area (Å²) in [6.07, 6.45) is 4.85. The van der Waals surface area contributed by atoms with Crippen molar-refractivity contribution in [1.29, 1.82) is 0 Å². The molecule has 0 spiro atoms. The van der Waals surface area contributed by atoms with E-state index in [1.165, 1.54) is 10.9 Å². The van der Waals surface area contributed by atoms with Crippen LogP contribution >= 0.6 is 23.2 Å². The van der Waals surface area contributed by atoms with Gasteiger partial charge in [-0.15, -0.1) is 5.10 Å². The van der Waals surface area contributed by atoms with Crippen LogP contribution in [-0.2, 0) is 11.3 Å². The Kier molecular flexibility index (Phi) is 6.26. The van der Waals surface area contributed by atoms with Crippen molar-refractivity contribution in [3.63, 3.8) is 0 Å². The van der Waals surface area contributed by atoms with Crippen LogP contribution in [0.3, 0.4) is 0 Å². The number of nitrogens with zero attached hydrogens (tertiary/aromatic N) is 4. The molecule has 1 amide bonds. The molecule has 2 aromatic heterocycles. The molecule has 9 heteroatoms. The number of carbonyl (C=O) groups is 1. The van der Waals surface area contributed by atoms with Gasteiger partial charge < -0.3 is 4.42 Å². The highest BCUT2D eigenvalue weighted by Crippen LogP contribution is 2.28. The maximum Gasteiger partial charge on any atom is 0.270 e. The van der Waals surface area contributed by atoms with Gasteiger partial charge in [0.2, 0.25) is 0 Å². The Bertz CT molecular complexity index is 944. The van der Waals surface area contributed by atoms with Crippen molar-refractivity contribution in [3.8, 4) is 11.3 Å². The number of amides is 1. The van der Waals surface area contributed by atoms with Gasteiger partial charge in [-0.05, 0) is 48.0 Å². The number of anilines is 1. The van der Waals surface area contributed by atoms with Gasteiger partial charge >= 0.3 is 0 Å². The summed E-state index contributed by atoms with van der Waals surface area (Å²) in [5.74, 6) is 0.888. The highest BCUT2D eigenvalue weighted by molar-refractivity contribution is 6.35. The normalized spacial score (nSPS) is 11.2. The number of nitrogens with one attached hydrogen (secondary N) is 1. The smallest absolute Gasteiger partial charge is 0.270 e. The molecule has 27 heavy (non-hydrogen) atoms. The molecule has 2 heterocycles. The minimum Gasteiger partial charge on any atom is -0.457 e. The number of benzene rings is 1. The zero-order valence-electron chi connectivity index (χ0n) is 14.5. The number of carbonyl (C=O) groups excluding carboxylic acids is 1. The summed E-state index contributed by atoms with van der Waals surface area (Å²) in [7, 11) is 0. The average Bonchev–Trinajstić information content (AvgIpc) is 3.27. The Morgan fingerprint density at radius 2 is 2.04 bits per heavy atom. The van der Waals surface area contributed by atoms with Crippen LogP contribution in [0.1, 0.15) is 25.5 Å². The lowest BCUT2D eigenvalue weighted by molar-refractivity contribution is -0.111. The Labute approximate surface area is 166 Å². The molecule has 0 saturated carbocycles. The lowest BCUT2D eigenvalue weighted by atomic mass is 10.2. The predicted molar refractivity (Wildman–Crippen MR) is 105 cm³/mol. The molecule has 0 bridgehead atoms. The molecule has 140 valence electrons. The second-order valence-corrected chi connectivity index (χ2v) is 6.62. The number of furan rings is 1. The Balaban J connectivity index is 1.61. The number of rotatable bonds is 7. The van der Waals surface area contributed by atoms with E-state index >= 15 is 0 Å². The average molecular weight is 406 g/mol. The van der Waals surface area contributed by atoms with Gasteiger partial charge in [0.25, 0.3) is 11.9 Å². The number of hydrogen-bond donors (Lipinski definition) is 1. The number of aryl methyl sites for hydroxylation is 1. The van der Waals surface area contributed by atoms with E-state index < -0.39 is 0 Å². The summed E-state index contributed by atoms with van der Waals surface area (Å²) in [4.78, 5) is 13.4. The fourth-order valence-corrected chi connectivity index (χ4v) is 2.82. The largest absolute Gasteiger partial charge is 0.457 e. The molecule has 0 aliphatic heterocycles. The Hall–Kier alpha value is -2.64. The number of unbranched alkanes of at least 4 members (excludes halogenated alkanes) is 1. The van der Waals surface area contributed by atoms with E-state index in [0.29, 0.717) is 28.1 Å². The van der Waals surface area contributed by atoms with E-state index in [-0.39, 0.29) is 11.9 Å². The molecule has 0 aliphatic rings. The highest BCUT2D eigenvalue weighted by Gasteiger charge is 2.07. The quantitative estimate of drug-likeness (QED) is 0.576. The zero-order chi connectivity index (χ0) is 19.2. The van der Waals surface area contributed by atoms with Crippen LogP contribution in [0.2, 0.25) is 10.0 Å². The Morgan fingerprint density at radius 3 is 2.78 bits per heavy atom. The first-order chi connectivity index (χ1) is 13.0. The first-order valence-corrected chi connectivity index (χ1v) is 9.12. The summed E-state index contributed by atoms with van der Waals surface area (Å²) < 4.78 is 5.70. The summed E-state index contributed by atoms with van der Waals surface area (Å²) in [6, 6.07) is 8.67. The first kappa shape index (κ1) is 19.1. The van der Waals surface area contributed by atoms with Crippen molar-refractivity contribution in [1.82, 2.24) is 20.2 Å². The topological polar surface area (TPSA) is 85.8 Å². The third-order valence-electron chi connectivity index (χ3n) is 3.57. The van der Waals surface area contributed by atoms with E-state index in [1.807, 2.05) is 0 Å². The van der Waals surface area contributed by atoms with Crippen molar-refractivity contribution in [2.45, 2.75) is 26.3 Å². The monoisotopic (exact) mass is 405 g/mol. The summed E-state index contributed by atoms with van der Waals surface area (Å²) in [5.41, 5.74) is 0.754. The molecule has 0 fully saturated rings. The van der Waals surface area contributed by atoms with E-state index in [9.17, 15) is 4.79 Å². The van der Waals surface area contributed by atoms with Gasteiger partial charge in [-0.25, -0.2) is 0 Å². The van der Waals surface area contributed by atoms with E-state index in [1.54, 1.807) is 36.4 Å². The van der Waals surface area contributed by atoms with E-state index in [2.05, 4.69) is 27.7 Å². The van der Waals surface area contributed by atoms with Crippen molar-refractivity contribution in [2.24, 2.45) is 0 Å². The standard InChI is InChI=1S/C18H17Cl2N5O2/c1-2-3-8-25-23-18(22-24-25)21-17(26)7-5-15-4-6-16(27-15)12-9-13(19)11-14(20)10-12/h4-7,9-11H,2-3,8H2,1H3,(H,21,23,26)/b7-5+. The molecule has 3 rings (SSSR count). The molecule has 7 nitrogen and oxygen atoms in total. The van der Waals surface area contributed by atoms with E-state index in [4.69, 9.17) is 27.6 Å². The van der Waals surface area contributed by atoms with Crippen molar-refractivity contribution >= 4 is 41.1 Å². The maximum absolute atomic E-state index is 12.0. The van der Waals surface area contributed by atoms with Gasteiger partial charge in [-0.2, -0.15) is 4.80 Å². The molecule has 0 aliphatic carbocycles. The van der Waals surface area contributed by atoms with Gasteiger partial charge in [0.05, 0.1) is 6.54 Å². The molecular formula is C18H17Cl2N5O2. The van der Waals surface area contributed by atoms with E-state index in [0.717, 1.165) is 18.4 Å². The van der Waals surface area contributed by atoms with Gasteiger partial charge in [0, 0.05) is 21.7 Å². The molecule has 1 N–H and O–H groups in total. The fourth-order valence-electron chi connectivity index (χ4n) is 2.29. The lowest BCUT2D eigenvalue weighted by Crippen LogP contribution is -2.10. The van der Waals surface area contributed by atoms with Crippen LogP contribution in [0.25, 0.3) is 17.4 Å². The summed E-state index contributed by atoms with van der Waals surface area (Å²) in [6.45, 7) is 2.74. The van der Waals surface area contributed by atoms with Crippen molar-refractivity contribution in [3.05, 3.63) is 52.2 Å². The molecule has 1 aromatic carbocycles. The first-order valence-electron chi connectivity index (χ1n) is 8.36. The van der Waals surface area contributed by atoms with Crippen LogP contribution < -0.4 is 5.32 Å². The van der Waals surface area contributed by atoms with Gasteiger partial charge in [-0.3, -0.25) is 10.1 Å². The van der Waals surface area contributed by atoms with Crippen LogP contribution in [-0.4, -0.2) is 26.1 Å². The second kappa shape index (κ2) is 8.83. The highest BCUT2D eigenvalue weighted by atomic mass is 35.5. The van der Waals surface area contributed by atoms with Crippen LogP contribution in [0.4, 0.5) is 5.95 Å². The van der Waals surface area contributed by atoms with Gasteiger partial charge in [0.1, 0.15) is 11.5 Å². The van der Waals surface area contributed by atoms with Crippen molar-refractivity contribution < 1.29 is 9.21 Å². The van der Waals surface area contributed by atoms with Gasteiger partial charge in [0.15, 0.2) is 0 Å². The fraction of sp³-hybridized carbons (Fsp3) is 0.222. The van der Waals surface area contributed by atoms with Gasteiger partial charge in [-0.1, -0.05) is 41.6 Å². The number of tetrazole rings is 1. The van der Waals surface area contributed by atoms with Crippen LogP contribution in [0, 0.1) is 0 Å². The molecule has 0 atom stereocenters. The third kappa shape index (κ3) is 5.42. The lowest BCUT2D eigenvalue weighted by Gasteiger charge is -1.99. The molecule has 3 aromatic rings. The van der Waals surface area contributed by atoms with Crippen LogP contribution in [0.5, 0.6) is 0 Å². The maximum atomic E-state index is 12.0. The minimum atomic E-state index is -0.381. The number of aromatic nitrogens is 4. The number of halogens is 2. The van der Waals surface area contributed by atoms with Crippen molar-refractivity contribution in [2.75, 3.05) is 5.32 Å². The predicted octanol–water partition coefficient (Wildman–Crippen LogP) is 4.69. The molecule has 0 saturated heterocycles. The number of hydrogen-bond acceptors (Lipinski definition) is 5. The minimum absolute atomic E-state index is 0.162. The summed E-state index contributed by atoms with van der Waals surface area (Å²) >= 11 is 12.0. The second-order valence-electron chi connectivity index (χ2n) is 5.75. The Morgan fingerprint density at radius 1 is 1.26 bits per heavy atom. The zero-order valence-corrected chi connectivity index (χ0v) is 16.0. The molecule has 0 radical (unpaired) electrons. The SMILES string of the molecule is CCCCn1nnc(NC(=O)/C=C/c2ccc(-c3cc(Cl)cc(Cl)c3)o2)n1. The molecule has 0 unspecified atom stereocenters. The third-order valence-corrected chi connectivity index (χ3v) is 4.01.